The quantitative estimate of drug-likeness (QED) is 0.822. The Balaban J connectivity index is 1.77. The van der Waals surface area contributed by atoms with Crippen LogP contribution in [0, 0.1) is 0 Å². The molecule has 20 heavy (non-hydrogen) atoms. The van der Waals surface area contributed by atoms with Crippen molar-refractivity contribution in [2.24, 2.45) is 0 Å². The van der Waals surface area contributed by atoms with Gasteiger partial charge in [0.05, 0.1) is 30.4 Å². The maximum atomic E-state index is 12.4. The summed E-state index contributed by atoms with van der Waals surface area (Å²) in [5, 5.41) is 8.04. The molecule has 106 valence electrons. The highest BCUT2D eigenvalue weighted by molar-refractivity contribution is 7.89. The SMILES string of the molecule is COc1cccc(S(=O)(=O)N2CC(n3nccn3)C2)c1. The van der Waals surface area contributed by atoms with Gasteiger partial charge in [-0.2, -0.15) is 19.3 Å². The molecule has 0 unspecified atom stereocenters. The predicted molar refractivity (Wildman–Crippen MR) is 70.8 cm³/mol. The van der Waals surface area contributed by atoms with Gasteiger partial charge in [0.2, 0.25) is 10.0 Å². The van der Waals surface area contributed by atoms with E-state index in [-0.39, 0.29) is 10.9 Å². The van der Waals surface area contributed by atoms with E-state index in [1.165, 1.54) is 22.3 Å². The third-order valence-corrected chi connectivity index (χ3v) is 5.10. The summed E-state index contributed by atoms with van der Waals surface area (Å²) >= 11 is 0. The third-order valence-electron chi connectivity index (χ3n) is 3.27. The van der Waals surface area contributed by atoms with E-state index in [1.54, 1.807) is 30.6 Å². The van der Waals surface area contributed by atoms with Crippen molar-refractivity contribution in [3.8, 4) is 5.75 Å². The summed E-state index contributed by atoms with van der Waals surface area (Å²) in [7, 11) is -1.97. The average molecular weight is 294 g/mol. The van der Waals surface area contributed by atoms with Gasteiger partial charge in [0.1, 0.15) is 5.75 Å². The number of aromatic nitrogens is 3. The van der Waals surface area contributed by atoms with Crippen molar-refractivity contribution in [3.63, 3.8) is 0 Å². The van der Waals surface area contributed by atoms with Crippen LogP contribution in [0.25, 0.3) is 0 Å². The van der Waals surface area contributed by atoms with Gasteiger partial charge in [0, 0.05) is 19.2 Å². The number of nitrogens with zero attached hydrogens (tertiary/aromatic N) is 4. The molecule has 0 bridgehead atoms. The third kappa shape index (κ3) is 2.16. The number of methoxy groups -OCH3 is 1. The Kier molecular flexibility index (Phi) is 3.19. The molecule has 1 aromatic carbocycles. The molecular weight excluding hydrogens is 280 g/mol. The zero-order chi connectivity index (χ0) is 14.2. The van der Waals surface area contributed by atoms with Gasteiger partial charge in [-0.15, -0.1) is 0 Å². The van der Waals surface area contributed by atoms with Crippen LogP contribution >= 0.6 is 0 Å². The van der Waals surface area contributed by atoms with Crippen LogP contribution in [0.1, 0.15) is 6.04 Å². The van der Waals surface area contributed by atoms with Gasteiger partial charge >= 0.3 is 0 Å². The molecule has 7 nitrogen and oxygen atoms in total. The molecule has 0 aliphatic carbocycles. The average Bonchev–Trinajstić information content (AvgIpc) is 2.90. The minimum Gasteiger partial charge on any atom is -0.497 e. The van der Waals surface area contributed by atoms with E-state index in [0.717, 1.165) is 0 Å². The molecule has 0 atom stereocenters. The van der Waals surface area contributed by atoms with Crippen LogP contribution in [0.4, 0.5) is 0 Å². The lowest BCUT2D eigenvalue weighted by Gasteiger charge is -2.37. The van der Waals surface area contributed by atoms with E-state index in [2.05, 4.69) is 10.2 Å². The summed E-state index contributed by atoms with van der Waals surface area (Å²) in [6.45, 7) is 0.766. The Hall–Kier alpha value is -1.93. The second kappa shape index (κ2) is 4.88. The Bertz CT molecular complexity index is 693. The van der Waals surface area contributed by atoms with Gasteiger partial charge < -0.3 is 4.74 Å². The highest BCUT2D eigenvalue weighted by Crippen LogP contribution is 2.28. The fraction of sp³-hybridized carbons (Fsp3) is 0.333. The van der Waals surface area contributed by atoms with Crippen molar-refractivity contribution < 1.29 is 13.2 Å². The molecule has 0 spiro atoms. The predicted octanol–water partition coefficient (Wildman–Crippen LogP) is 0.532. The fourth-order valence-corrected chi connectivity index (χ4v) is 3.63. The number of hydrogen-bond donors (Lipinski definition) is 0. The largest absolute Gasteiger partial charge is 0.497 e. The summed E-state index contributed by atoms with van der Waals surface area (Å²) in [5.41, 5.74) is 0. The van der Waals surface area contributed by atoms with Gasteiger partial charge in [-0.25, -0.2) is 8.42 Å². The number of rotatable bonds is 4. The first kappa shape index (κ1) is 13.1. The van der Waals surface area contributed by atoms with Crippen LogP contribution in [0.3, 0.4) is 0 Å². The van der Waals surface area contributed by atoms with Gasteiger partial charge in [-0.3, -0.25) is 0 Å². The Morgan fingerprint density at radius 1 is 1.25 bits per heavy atom. The second-order valence-corrected chi connectivity index (χ2v) is 6.44. The van der Waals surface area contributed by atoms with Crippen molar-refractivity contribution in [2.75, 3.05) is 20.2 Å². The molecule has 1 fully saturated rings. The van der Waals surface area contributed by atoms with Crippen molar-refractivity contribution in [1.82, 2.24) is 19.3 Å². The maximum Gasteiger partial charge on any atom is 0.243 e. The molecule has 0 N–H and O–H groups in total. The molecule has 8 heteroatoms. The first-order chi connectivity index (χ1) is 9.61. The number of ether oxygens (including phenoxy) is 1. The van der Waals surface area contributed by atoms with E-state index in [0.29, 0.717) is 18.8 Å². The van der Waals surface area contributed by atoms with Crippen LogP contribution in [-0.4, -0.2) is 47.9 Å². The van der Waals surface area contributed by atoms with Gasteiger partial charge in [0.15, 0.2) is 0 Å². The molecule has 0 saturated carbocycles. The molecule has 1 aliphatic rings. The topological polar surface area (TPSA) is 77.3 Å². The zero-order valence-electron chi connectivity index (χ0n) is 10.9. The molecule has 1 saturated heterocycles. The smallest absolute Gasteiger partial charge is 0.243 e. The summed E-state index contributed by atoms with van der Waals surface area (Å²) in [5.74, 6) is 0.525. The zero-order valence-corrected chi connectivity index (χ0v) is 11.7. The molecule has 1 aliphatic heterocycles. The summed E-state index contributed by atoms with van der Waals surface area (Å²) in [6.07, 6.45) is 3.17. The molecule has 0 amide bonds. The highest BCUT2D eigenvalue weighted by atomic mass is 32.2. The highest BCUT2D eigenvalue weighted by Gasteiger charge is 2.38. The number of benzene rings is 1. The molecule has 2 aromatic rings. The minimum atomic E-state index is -3.47. The van der Waals surface area contributed by atoms with Gasteiger partial charge in [0.25, 0.3) is 0 Å². The molecule has 2 heterocycles. The van der Waals surface area contributed by atoms with Crippen molar-refractivity contribution in [3.05, 3.63) is 36.7 Å². The Morgan fingerprint density at radius 3 is 2.60 bits per heavy atom. The van der Waals surface area contributed by atoms with E-state index in [4.69, 9.17) is 4.74 Å². The van der Waals surface area contributed by atoms with E-state index >= 15 is 0 Å². The fourth-order valence-electron chi connectivity index (χ4n) is 2.08. The van der Waals surface area contributed by atoms with Gasteiger partial charge in [-0.05, 0) is 12.1 Å². The number of hydrogen-bond acceptors (Lipinski definition) is 5. The maximum absolute atomic E-state index is 12.4. The van der Waals surface area contributed by atoms with Crippen LogP contribution in [-0.2, 0) is 10.0 Å². The van der Waals surface area contributed by atoms with Crippen LogP contribution in [0.15, 0.2) is 41.6 Å². The van der Waals surface area contributed by atoms with E-state index in [9.17, 15) is 8.42 Å². The summed E-state index contributed by atoms with van der Waals surface area (Å²) < 4.78 is 31.3. The van der Waals surface area contributed by atoms with Crippen LogP contribution < -0.4 is 4.74 Å². The lowest BCUT2D eigenvalue weighted by Crippen LogP contribution is -2.51. The monoisotopic (exact) mass is 294 g/mol. The molecular formula is C12H14N4O3S. The van der Waals surface area contributed by atoms with Gasteiger partial charge in [-0.1, -0.05) is 6.07 Å². The first-order valence-electron chi connectivity index (χ1n) is 6.11. The van der Waals surface area contributed by atoms with E-state index < -0.39 is 10.0 Å². The number of sulfonamides is 1. The van der Waals surface area contributed by atoms with Crippen molar-refractivity contribution >= 4 is 10.0 Å². The minimum absolute atomic E-state index is 0.00498. The lowest BCUT2D eigenvalue weighted by atomic mass is 10.2. The van der Waals surface area contributed by atoms with Crippen LogP contribution in [0.5, 0.6) is 5.75 Å². The molecule has 0 radical (unpaired) electrons. The Labute approximate surface area is 116 Å². The summed E-state index contributed by atoms with van der Waals surface area (Å²) in [6, 6.07) is 6.47. The molecule has 1 aromatic heterocycles. The van der Waals surface area contributed by atoms with Crippen molar-refractivity contribution in [2.45, 2.75) is 10.9 Å². The Morgan fingerprint density at radius 2 is 1.95 bits per heavy atom. The lowest BCUT2D eigenvalue weighted by molar-refractivity contribution is 0.175. The first-order valence-corrected chi connectivity index (χ1v) is 7.55. The van der Waals surface area contributed by atoms with Crippen LogP contribution in [0.2, 0.25) is 0 Å². The normalized spacial score (nSPS) is 16.9. The van der Waals surface area contributed by atoms with E-state index in [1.807, 2.05) is 0 Å². The second-order valence-electron chi connectivity index (χ2n) is 4.50. The van der Waals surface area contributed by atoms with Crippen molar-refractivity contribution in [1.29, 1.82) is 0 Å². The molecule has 3 rings (SSSR count). The standard InChI is InChI=1S/C12H14N4O3S/c1-19-11-3-2-4-12(7-11)20(17,18)15-8-10(9-15)16-13-5-6-14-16/h2-7,10H,8-9H2,1H3. The summed E-state index contributed by atoms with van der Waals surface area (Å²) in [4.78, 5) is 1.78.